The van der Waals surface area contributed by atoms with Crippen LogP contribution in [0.15, 0.2) is 18.2 Å². The van der Waals surface area contributed by atoms with E-state index < -0.39 is 0 Å². The Bertz CT molecular complexity index is 625. The highest BCUT2D eigenvalue weighted by atomic mass is 16.3. The average Bonchev–Trinajstić information content (AvgIpc) is 2.33. The summed E-state index contributed by atoms with van der Waals surface area (Å²) in [6, 6.07) is 6.41. The molecule has 0 saturated heterocycles. The first-order valence-corrected chi connectivity index (χ1v) is 6.71. The van der Waals surface area contributed by atoms with Gasteiger partial charge in [0.15, 0.2) is 0 Å². The van der Waals surface area contributed by atoms with Gasteiger partial charge in [0.25, 0.3) is 0 Å². The zero-order valence-electron chi connectivity index (χ0n) is 12.7. The maximum atomic E-state index is 10.5. The lowest BCUT2D eigenvalue weighted by atomic mass is 9.88. The largest absolute Gasteiger partial charge is 0.507 e. The molecule has 19 heavy (non-hydrogen) atoms. The average molecular weight is 254 g/mol. The van der Waals surface area contributed by atoms with Crippen molar-refractivity contribution in [3.05, 3.63) is 51.6 Å². The van der Waals surface area contributed by atoms with Gasteiger partial charge in [0.05, 0.1) is 0 Å². The van der Waals surface area contributed by atoms with Gasteiger partial charge in [-0.2, -0.15) is 0 Å². The van der Waals surface area contributed by atoms with Crippen LogP contribution in [-0.4, -0.2) is 5.11 Å². The first-order chi connectivity index (χ1) is 8.82. The van der Waals surface area contributed by atoms with Crippen molar-refractivity contribution in [2.75, 3.05) is 0 Å². The predicted molar refractivity (Wildman–Crippen MR) is 82.0 cm³/mol. The summed E-state index contributed by atoms with van der Waals surface area (Å²) in [6.45, 7) is 12.5. The van der Waals surface area contributed by atoms with Crippen molar-refractivity contribution < 1.29 is 5.11 Å². The van der Waals surface area contributed by atoms with Crippen LogP contribution in [0.4, 0.5) is 0 Å². The van der Waals surface area contributed by atoms with Gasteiger partial charge in [-0.1, -0.05) is 23.8 Å². The summed E-state index contributed by atoms with van der Waals surface area (Å²) in [5.41, 5.74) is 9.22. The Labute approximate surface area is 115 Å². The van der Waals surface area contributed by atoms with E-state index in [-0.39, 0.29) is 0 Å². The molecule has 2 aromatic rings. The summed E-state index contributed by atoms with van der Waals surface area (Å²) in [6.07, 6.45) is 0. The summed E-state index contributed by atoms with van der Waals surface area (Å²) >= 11 is 0. The fourth-order valence-corrected chi connectivity index (χ4v) is 2.70. The van der Waals surface area contributed by atoms with Gasteiger partial charge < -0.3 is 5.11 Å². The SMILES string of the molecule is Cc1cc(C)c(C)c(-c2c(C)c(C)cc(C)c2O)c1. The third-order valence-corrected chi connectivity index (χ3v) is 4.09. The second-order valence-corrected chi connectivity index (χ2v) is 5.61. The summed E-state index contributed by atoms with van der Waals surface area (Å²) in [5, 5.41) is 10.5. The molecule has 0 aliphatic carbocycles. The standard InChI is InChI=1S/C18H22O/c1-10-7-11(2)14(5)16(8-10)17-15(6)12(3)9-13(4)18(17)19/h7-9,19H,1-6H3. The minimum atomic E-state index is 0.413. The Hall–Kier alpha value is -1.76. The molecular weight excluding hydrogens is 232 g/mol. The number of hydrogen-bond donors (Lipinski definition) is 1. The van der Waals surface area contributed by atoms with Gasteiger partial charge in [-0.25, -0.2) is 0 Å². The molecule has 0 amide bonds. The zero-order chi connectivity index (χ0) is 14.3. The minimum Gasteiger partial charge on any atom is -0.507 e. The van der Waals surface area contributed by atoms with E-state index in [2.05, 4.69) is 46.8 Å². The summed E-state index contributed by atoms with van der Waals surface area (Å²) in [7, 11) is 0. The number of hydrogen-bond acceptors (Lipinski definition) is 1. The van der Waals surface area contributed by atoms with Crippen LogP contribution in [0.25, 0.3) is 11.1 Å². The quantitative estimate of drug-likeness (QED) is 0.766. The Kier molecular flexibility index (Phi) is 3.40. The maximum Gasteiger partial charge on any atom is 0.126 e. The van der Waals surface area contributed by atoms with E-state index in [4.69, 9.17) is 0 Å². The number of aromatic hydroxyl groups is 1. The number of benzene rings is 2. The fourth-order valence-electron chi connectivity index (χ4n) is 2.70. The molecule has 0 saturated carbocycles. The van der Waals surface area contributed by atoms with Crippen LogP contribution in [0.3, 0.4) is 0 Å². The van der Waals surface area contributed by atoms with Crippen molar-refractivity contribution in [3.63, 3.8) is 0 Å². The van der Waals surface area contributed by atoms with Gasteiger partial charge in [0.1, 0.15) is 5.75 Å². The van der Waals surface area contributed by atoms with Crippen molar-refractivity contribution in [3.8, 4) is 16.9 Å². The van der Waals surface area contributed by atoms with Gasteiger partial charge in [-0.15, -0.1) is 0 Å². The van der Waals surface area contributed by atoms with Gasteiger partial charge in [-0.05, 0) is 74.9 Å². The first kappa shape index (κ1) is 13.7. The molecule has 0 atom stereocenters. The number of phenolic OH excluding ortho intramolecular Hbond substituents is 1. The summed E-state index contributed by atoms with van der Waals surface area (Å²) in [4.78, 5) is 0. The second kappa shape index (κ2) is 4.73. The molecule has 2 aromatic carbocycles. The zero-order valence-corrected chi connectivity index (χ0v) is 12.7. The maximum absolute atomic E-state index is 10.5. The molecule has 100 valence electrons. The Balaban J connectivity index is 2.87. The Morgan fingerprint density at radius 1 is 0.684 bits per heavy atom. The molecule has 0 radical (unpaired) electrons. The van der Waals surface area contributed by atoms with Crippen molar-refractivity contribution >= 4 is 0 Å². The van der Waals surface area contributed by atoms with Crippen molar-refractivity contribution in [2.24, 2.45) is 0 Å². The molecule has 0 spiro atoms. The fraction of sp³-hybridized carbons (Fsp3) is 0.333. The highest BCUT2D eigenvalue weighted by molar-refractivity contribution is 5.79. The van der Waals surface area contributed by atoms with E-state index >= 15 is 0 Å². The highest BCUT2D eigenvalue weighted by Crippen LogP contribution is 2.39. The Morgan fingerprint density at radius 3 is 1.89 bits per heavy atom. The molecule has 2 rings (SSSR count). The van der Waals surface area contributed by atoms with Gasteiger partial charge >= 0.3 is 0 Å². The van der Waals surface area contributed by atoms with E-state index in [1.54, 1.807) is 0 Å². The first-order valence-electron chi connectivity index (χ1n) is 6.71. The predicted octanol–water partition coefficient (Wildman–Crippen LogP) is 4.91. The van der Waals surface area contributed by atoms with E-state index in [1.165, 1.54) is 22.3 Å². The molecular formula is C18H22O. The van der Waals surface area contributed by atoms with E-state index in [0.717, 1.165) is 22.3 Å². The molecule has 0 aliphatic rings. The molecule has 0 aromatic heterocycles. The van der Waals surface area contributed by atoms with Crippen LogP contribution in [-0.2, 0) is 0 Å². The van der Waals surface area contributed by atoms with Crippen molar-refractivity contribution in [1.29, 1.82) is 0 Å². The van der Waals surface area contributed by atoms with Gasteiger partial charge in [0.2, 0.25) is 0 Å². The highest BCUT2D eigenvalue weighted by Gasteiger charge is 2.15. The van der Waals surface area contributed by atoms with Gasteiger partial charge in [0, 0.05) is 5.56 Å². The van der Waals surface area contributed by atoms with Crippen LogP contribution in [0.1, 0.15) is 33.4 Å². The summed E-state index contributed by atoms with van der Waals surface area (Å²) in [5.74, 6) is 0.413. The van der Waals surface area contributed by atoms with E-state index in [0.29, 0.717) is 5.75 Å². The van der Waals surface area contributed by atoms with Crippen LogP contribution in [0, 0.1) is 41.5 Å². The topological polar surface area (TPSA) is 20.2 Å². The molecule has 0 unspecified atom stereocenters. The molecule has 0 fully saturated rings. The number of aryl methyl sites for hydroxylation is 4. The second-order valence-electron chi connectivity index (χ2n) is 5.61. The van der Waals surface area contributed by atoms with E-state index in [1.807, 2.05) is 13.0 Å². The third-order valence-electron chi connectivity index (χ3n) is 4.09. The Morgan fingerprint density at radius 2 is 1.26 bits per heavy atom. The lowest BCUT2D eigenvalue weighted by molar-refractivity contribution is 0.472. The lowest BCUT2D eigenvalue weighted by Gasteiger charge is -2.17. The normalized spacial score (nSPS) is 10.8. The minimum absolute atomic E-state index is 0.413. The monoisotopic (exact) mass is 254 g/mol. The molecule has 0 heterocycles. The van der Waals surface area contributed by atoms with Crippen molar-refractivity contribution in [1.82, 2.24) is 0 Å². The molecule has 1 heteroatoms. The third kappa shape index (κ3) is 2.25. The lowest BCUT2D eigenvalue weighted by Crippen LogP contribution is -1.96. The molecule has 0 bridgehead atoms. The van der Waals surface area contributed by atoms with Crippen LogP contribution < -0.4 is 0 Å². The van der Waals surface area contributed by atoms with Gasteiger partial charge in [-0.3, -0.25) is 0 Å². The smallest absolute Gasteiger partial charge is 0.126 e. The van der Waals surface area contributed by atoms with Crippen molar-refractivity contribution in [2.45, 2.75) is 41.5 Å². The molecule has 0 aliphatic heterocycles. The molecule has 1 nitrogen and oxygen atoms in total. The number of rotatable bonds is 1. The summed E-state index contributed by atoms with van der Waals surface area (Å²) < 4.78 is 0. The van der Waals surface area contributed by atoms with E-state index in [9.17, 15) is 5.11 Å². The number of phenols is 1. The van der Waals surface area contributed by atoms with Crippen LogP contribution in [0.5, 0.6) is 5.75 Å². The van der Waals surface area contributed by atoms with Crippen LogP contribution >= 0.6 is 0 Å². The molecule has 1 N–H and O–H groups in total. The van der Waals surface area contributed by atoms with Crippen LogP contribution in [0.2, 0.25) is 0 Å².